The van der Waals surface area contributed by atoms with E-state index in [2.05, 4.69) is 0 Å². The first kappa shape index (κ1) is 16.4. The maximum absolute atomic E-state index is 12.3. The van der Waals surface area contributed by atoms with Gasteiger partial charge in [0.25, 0.3) is 0 Å². The summed E-state index contributed by atoms with van der Waals surface area (Å²) < 4.78 is 5.33. The minimum Gasteiger partial charge on any atom is -0.461 e. The van der Waals surface area contributed by atoms with Crippen LogP contribution in [0.1, 0.15) is 27.7 Å². The predicted molar refractivity (Wildman–Crippen MR) is 85.6 cm³/mol. The lowest BCUT2D eigenvalue weighted by Crippen LogP contribution is -2.51. The van der Waals surface area contributed by atoms with Crippen molar-refractivity contribution in [1.29, 1.82) is 0 Å². The van der Waals surface area contributed by atoms with Crippen LogP contribution in [0.3, 0.4) is 0 Å². The number of rotatable bonds is 5. The summed E-state index contributed by atoms with van der Waals surface area (Å²) in [5.74, 6) is -0.297. The summed E-state index contributed by atoms with van der Waals surface area (Å²) in [6, 6.07) is 8.88. The Morgan fingerprint density at radius 1 is 1.20 bits per heavy atom. The zero-order chi connectivity index (χ0) is 15.3. The van der Waals surface area contributed by atoms with Crippen molar-refractivity contribution in [2.75, 3.05) is 4.90 Å². The van der Waals surface area contributed by atoms with Crippen LogP contribution in [0, 0.1) is 5.92 Å². The predicted octanol–water partition coefficient (Wildman–Crippen LogP) is 2.71. The van der Waals surface area contributed by atoms with Gasteiger partial charge in [-0.2, -0.15) is 0 Å². The number of nitrogens with zero attached hydrogens (tertiary/aromatic N) is 1. The van der Waals surface area contributed by atoms with Gasteiger partial charge in [-0.3, -0.25) is 0 Å². The van der Waals surface area contributed by atoms with Crippen molar-refractivity contribution < 1.29 is 9.53 Å². The fraction of sp³-hybridized carbons (Fsp3) is 0.467. The smallest absolute Gasteiger partial charge is 0.329 e. The fourth-order valence-electron chi connectivity index (χ4n) is 1.99. The number of esters is 1. The maximum atomic E-state index is 12.3. The Morgan fingerprint density at radius 2 is 1.75 bits per heavy atom. The van der Waals surface area contributed by atoms with Crippen molar-refractivity contribution in [3.05, 3.63) is 30.3 Å². The lowest BCUT2D eigenvalue weighted by atomic mass is 10.0. The average Bonchev–Trinajstić information content (AvgIpc) is 2.34. The number of hydrogen-bond donors (Lipinski definition) is 1. The van der Waals surface area contributed by atoms with E-state index in [4.69, 9.17) is 22.7 Å². The van der Waals surface area contributed by atoms with E-state index in [9.17, 15) is 4.79 Å². The molecule has 0 heterocycles. The first-order chi connectivity index (χ1) is 9.34. The van der Waals surface area contributed by atoms with Crippen molar-refractivity contribution in [3.8, 4) is 0 Å². The molecule has 4 nitrogen and oxygen atoms in total. The molecule has 0 saturated heterocycles. The van der Waals surface area contributed by atoms with Gasteiger partial charge in [0.2, 0.25) is 0 Å². The summed E-state index contributed by atoms with van der Waals surface area (Å²) in [7, 11) is 0. The second-order valence-corrected chi connectivity index (χ2v) is 5.64. The number of anilines is 1. The van der Waals surface area contributed by atoms with Gasteiger partial charge in [-0.15, -0.1) is 0 Å². The van der Waals surface area contributed by atoms with Crippen molar-refractivity contribution in [3.63, 3.8) is 0 Å². The van der Waals surface area contributed by atoms with Crippen LogP contribution in [0.2, 0.25) is 0 Å². The summed E-state index contributed by atoms with van der Waals surface area (Å²) in [5, 5.41) is 0.163. The molecule has 0 aliphatic rings. The summed E-state index contributed by atoms with van der Waals surface area (Å²) in [6.07, 6.45) is -0.173. The Morgan fingerprint density at radius 3 is 2.15 bits per heavy atom. The second kappa shape index (κ2) is 7.24. The Kier molecular flexibility index (Phi) is 5.95. The Bertz CT molecular complexity index is 460. The van der Waals surface area contributed by atoms with Gasteiger partial charge >= 0.3 is 5.97 Å². The van der Waals surface area contributed by atoms with Crippen molar-refractivity contribution in [2.24, 2.45) is 11.7 Å². The van der Waals surface area contributed by atoms with Gasteiger partial charge in [-0.25, -0.2) is 4.79 Å². The van der Waals surface area contributed by atoms with E-state index >= 15 is 0 Å². The molecule has 1 aromatic carbocycles. The van der Waals surface area contributed by atoms with E-state index in [1.54, 1.807) is 4.90 Å². The SMILES string of the molecule is CC(C)OC(=O)[C@H](C(C)C)N(C(N)=S)c1ccccc1. The molecule has 0 saturated carbocycles. The van der Waals surface area contributed by atoms with Crippen molar-refractivity contribution in [1.82, 2.24) is 0 Å². The number of nitrogens with two attached hydrogens (primary N) is 1. The topological polar surface area (TPSA) is 55.6 Å². The minimum absolute atomic E-state index is 0.0166. The van der Waals surface area contributed by atoms with Crippen LogP contribution in [0.4, 0.5) is 5.69 Å². The van der Waals surface area contributed by atoms with Crippen LogP contribution in [-0.4, -0.2) is 23.2 Å². The molecule has 5 heteroatoms. The number of para-hydroxylation sites is 1. The highest BCUT2D eigenvalue weighted by Gasteiger charge is 2.32. The third-order valence-corrected chi connectivity index (χ3v) is 2.97. The first-order valence-corrected chi connectivity index (χ1v) is 7.09. The average molecular weight is 294 g/mol. The molecule has 20 heavy (non-hydrogen) atoms. The van der Waals surface area contributed by atoms with E-state index in [0.717, 1.165) is 5.69 Å². The zero-order valence-corrected chi connectivity index (χ0v) is 13.2. The van der Waals surface area contributed by atoms with Crippen LogP contribution >= 0.6 is 12.2 Å². The van der Waals surface area contributed by atoms with Gasteiger partial charge in [-0.05, 0) is 44.1 Å². The van der Waals surface area contributed by atoms with Gasteiger partial charge in [0.05, 0.1) is 6.10 Å². The highest BCUT2D eigenvalue weighted by molar-refractivity contribution is 7.80. The Hall–Kier alpha value is -1.62. The van der Waals surface area contributed by atoms with Gasteiger partial charge in [0.1, 0.15) is 6.04 Å². The molecule has 1 atom stereocenters. The number of thiocarbonyl (C=S) groups is 1. The molecule has 0 aromatic heterocycles. The Balaban J connectivity index is 3.14. The number of carbonyl (C=O) groups is 1. The highest BCUT2D eigenvalue weighted by atomic mass is 32.1. The van der Waals surface area contributed by atoms with Crippen LogP contribution in [0.15, 0.2) is 30.3 Å². The van der Waals surface area contributed by atoms with E-state index in [1.807, 2.05) is 58.0 Å². The number of benzene rings is 1. The van der Waals surface area contributed by atoms with Crippen LogP contribution < -0.4 is 10.6 Å². The molecule has 0 amide bonds. The number of carbonyl (C=O) groups excluding carboxylic acids is 1. The van der Waals surface area contributed by atoms with Gasteiger partial charge < -0.3 is 15.4 Å². The molecule has 0 aliphatic heterocycles. The first-order valence-electron chi connectivity index (χ1n) is 6.68. The van der Waals surface area contributed by atoms with Gasteiger partial charge in [-0.1, -0.05) is 32.0 Å². The van der Waals surface area contributed by atoms with E-state index in [-0.39, 0.29) is 23.1 Å². The van der Waals surface area contributed by atoms with Crippen LogP contribution in [-0.2, 0) is 9.53 Å². The lowest BCUT2D eigenvalue weighted by molar-refractivity contribution is -0.149. The third kappa shape index (κ3) is 4.20. The molecule has 0 fully saturated rings. The minimum atomic E-state index is -0.530. The molecule has 0 aliphatic carbocycles. The zero-order valence-electron chi connectivity index (χ0n) is 12.4. The number of ether oxygens (including phenoxy) is 1. The number of hydrogen-bond acceptors (Lipinski definition) is 3. The molecule has 0 unspecified atom stereocenters. The standard InChI is InChI=1S/C15H22N2O2S/c1-10(2)13(14(18)19-11(3)4)17(15(16)20)12-8-6-5-7-9-12/h5-11,13H,1-4H3,(H2,16,20)/t13-/m0/s1. The summed E-state index contributed by atoms with van der Waals surface area (Å²) in [4.78, 5) is 14.0. The Labute approximate surface area is 125 Å². The largest absolute Gasteiger partial charge is 0.461 e. The van der Waals surface area contributed by atoms with Crippen molar-refractivity contribution >= 4 is 29.0 Å². The summed E-state index contributed by atoms with van der Waals surface area (Å²) in [5.41, 5.74) is 6.62. The maximum Gasteiger partial charge on any atom is 0.329 e. The van der Waals surface area contributed by atoms with Crippen LogP contribution in [0.5, 0.6) is 0 Å². The second-order valence-electron chi connectivity index (χ2n) is 5.22. The summed E-state index contributed by atoms with van der Waals surface area (Å²) >= 11 is 5.12. The van der Waals surface area contributed by atoms with Gasteiger partial charge in [0.15, 0.2) is 5.11 Å². The molecule has 110 valence electrons. The molecule has 0 bridgehead atoms. The van der Waals surface area contributed by atoms with E-state index < -0.39 is 6.04 Å². The third-order valence-electron chi connectivity index (χ3n) is 2.77. The molecule has 0 radical (unpaired) electrons. The summed E-state index contributed by atoms with van der Waals surface area (Å²) in [6.45, 7) is 7.53. The fourth-order valence-corrected chi connectivity index (χ4v) is 2.21. The molecular weight excluding hydrogens is 272 g/mol. The quantitative estimate of drug-likeness (QED) is 0.668. The van der Waals surface area contributed by atoms with Crippen LogP contribution in [0.25, 0.3) is 0 Å². The van der Waals surface area contributed by atoms with E-state index in [1.165, 1.54) is 0 Å². The lowest BCUT2D eigenvalue weighted by Gasteiger charge is -2.33. The molecular formula is C15H22N2O2S. The van der Waals surface area contributed by atoms with E-state index in [0.29, 0.717) is 0 Å². The molecule has 1 aromatic rings. The monoisotopic (exact) mass is 294 g/mol. The molecule has 1 rings (SSSR count). The normalized spacial score (nSPS) is 12.3. The highest BCUT2D eigenvalue weighted by Crippen LogP contribution is 2.22. The molecule has 0 spiro atoms. The van der Waals surface area contributed by atoms with Crippen molar-refractivity contribution in [2.45, 2.75) is 39.8 Å². The van der Waals surface area contributed by atoms with Gasteiger partial charge in [0, 0.05) is 5.69 Å². The molecule has 2 N–H and O–H groups in total.